The fourth-order valence-corrected chi connectivity index (χ4v) is 8.62. The predicted octanol–water partition coefficient (Wildman–Crippen LogP) is 2.07. The van der Waals surface area contributed by atoms with Crippen LogP contribution < -0.4 is 27.4 Å². The first kappa shape index (κ1) is 33.9. The first-order valence-corrected chi connectivity index (χ1v) is 17.7. The van der Waals surface area contributed by atoms with Crippen LogP contribution in [0, 0.1) is 23.2 Å². The Morgan fingerprint density at radius 3 is 2.20 bits per heavy atom. The molecule has 4 aliphatic rings. The van der Waals surface area contributed by atoms with Gasteiger partial charge in [0, 0.05) is 11.5 Å². The van der Waals surface area contributed by atoms with Crippen molar-refractivity contribution in [3.8, 4) is 5.75 Å². The molecule has 2 aromatic rings. The van der Waals surface area contributed by atoms with E-state index in [1.807, 2.05) is 36.6 Å². The first-order chi connectivity index (χ1) is 22.1. The Balaban J connectivity index is 1.21. The number of rotatable bonds is 15. The van der Waals surface area contributed by atoms with Crippen LogP contribution in [-0.2, 0) is 32.0 Å². The molecule has 0 saturated heterocycles. The second-order valence-electron chi connectivity index (χ2n) is 13.5. The molecule has 10 nitrogen and oxygen atoms in total. The van der Waals surface area contributed by atoms with Crippen molar-refractivity contribution in [3.05, 3.63) is 65.7 Å². The second-order valence-corrected chi connectivity index (χ2v) is 14.5. The summed E-state index contributed by atoms with van der Waals surface area (Å²) in [5, 5.41) is 17.9. The van der Waals surface area contributed by atoms with Gasteiger partial charge in [-0.15, -0.1) is 0 Å². The van der Waals surface area contributed by atoms with Gasteiger partial charge in [0.1, 0.15) is 11.8 Å². The fourth-order valence-electron chi connectivity index (χ4n) is 8.15. The third-order valence-corrected chi connectivity index (χ3v) is 10.9. The van der Waals surface area contributed by atoms with E-state index in [1.165, 1.54) is 23.9 Å². The Labute approximate surface area is 275 Å². The lowest BCUT2D eigenvalue weighted by atomic mass is 9.46. The van der Waals surface area contributed by atoms with Crippen molar-refractivity contribution in [1.29, 1.82) is 0 Å². The second kappa shape index (κ2) is 15.0. The molecule has 3 unspecified atom stereocenters. The smallest absolute Gasteiger partial charge is 0.243 e. The molecule has 4 aliphatic carbocycles. The molecule has 6 rings (SSSR count). The van der Waals surface area contributed by atoms with Gasteiger partial charge < -0.3 is 32.5 Å². The topological polar surface area (TPSA) is 177 Å². The number of nitrogens with one attached hydrogen (secondary N) is 3. The molecule has 0 aliphatic heterocycles. The normalized spacial score (nSPS) is 26.5. The van der Waals surface area contributed by atoms with Crippen molar-refractivity contribution in [1.82, 2.24) is 16.0 Å². The molecule has 0 spiro atoms. The number of hydrogen-bond donors (Lipinski definition) is 6. The van der Waals surface area contributed by atoms with Crippen LogP contribution in [0.1, 0.15) is 49.7 Å². The number of aromatic hydroxyl groups is 1. The monoisotopic (exact) mass is 649 g/mol. The van der Waals surface area contributed by atoms with Crippen LogP contribution in [0.4, 0.5) is 0 Å². The molecule has 3 amide bonds. The van der Waals surface area contributed by atoms with Crippen molar-refractivity contribution < 1.29 is 24.3 Å². The van der Waals surface area contributed by atoms with Crippen molar-refractivity contribution in [2.75, 3.05) is 18.6 Å². The van der Waals surface area contributed by atoms with E-state index in [4.69, 9.17) is 11.5 Å². The van der Waals surface area contributed by atoms with E-state index < -0.39 is 41.3 Å². The summed E-state index contributed by atoms with van der Waals surface area (Å²) in [7, 11) is 0. The molecular formula is C35H47N5O5S. The molecule has 2 aromatic carbocycles. The third-order valence-electron chi connectivity index (χ3n) is 10.2. The Bertz CT molecular complexity index is 1380. The van der Waals surface area contributed by atoms with Crippen LogP contribution >= 0.6 is 11.8 Å². The highest BCUT2D eigenvalue weighted by Crippen LogP contribution is 2.60. The maximum atomic E-state index is 14.4. The van der Waals surface area contributed by atoms with E-state index in [9.17, 15) is 24.3 Å². The van der Waals surface area contributed by atoms with Gasteiger partial charge in [-0.25, -0.2) is 0 Å². The van der Waals surface area contributed by atoms with E-state index in [0.717, 1.165) is 43.2 Å². The van der Waals surface area contributed by atoms with Crippen molar-refractivity contribution in [3.63, 3.8) is 0 Å². The van der Waals surface area contributed by atoms with E-state index in [0.29, 0.717) is 36.3 Å². The molecule has 6 atom stereocenters. The summed E-state index contributed by atoms with van der Waals surface area (Å²) in [4.78, 5) is 53.8. The number of phenols is 1. The molecule has 248 valence electrons. The number of ketones is 1. The Hall–Kier alpha value is -3.41. The summed E-state index contributed by atoms with van der Waals surface area (Å²) in [5.41, 5.74) is 14.0. The molecule has 4 saturated carbocycles. The quantitative estimate of drug-likeness (QED) is 0.170. The summed E-state index contributed by atoms with van der Waals surface area (Å²) in [6, 6.07) is 13.3. The number of benzene rings is 2. The number of Topliss-reactive ketones (excluding diaryl/α,β-unsaturated/α-hetero) is 1. The highest BCUT2D eigenvalue weighted by atomic mass is 32.2. The molecule has 4 fully saturated rings. The lowest BCUT2D eigenvalue weighted by Crippen LogP contribution is -2.66. The van der Waals surface area contributed by atoms with Gasteiger partial charge in [-0.3, -0.25) is 19.2 Å². The van der Waals surface area contributed by atoms with Crippen LogP contribution in [0.5, 0.6) is 5.75 Å². The lowest BCUT2D eigenvalue weighted by molar-refractivity contribution is -0.150. The average Bonchev–Trinajstić information content (AvgIpc) is 3.04. The predicted molar refractivity (Wildman–Crippen MR) is 179 cm³/mol. The highest BCUT2D eigenvalue weighted by Gasteiger charge is 2.60. The molecule has 0 radical (unpaired) electrons. The van der Waals surface area contributed by atoms with E-state index in [2.05, 4.69) is 16.0 Å². The van der Waals surface area contributed by atoms with Crippen LogP contribution in [-0.4, -0.2) is 71.3 Å². The van der Waals surface area contributed by atoms with Gasteiger partial charge in [-0.2, -0.15) is 11.8 Å². The zero-order valence-electron chi connectivity index (χ0n) is 26.5. The Morgan fingerprint density at radius 2 is 1.54 bits per heavy atom. The number of amides is 3. The molecule has 8 N–H and O–H groups in total. The van der Waals surface area contributed by atoms with E-state index in [-0.39, 0.29) is 30.5 Å². The highest BCUT2D eigenvalue weighted by molar-refractivity contribution is 7.98. The largest absolute Gasteiger partial charge is 0.508 e. The van der Waals surface area contributed by atoms with Gasteiger partial charge >= 0.3 is 0 Å². The van der Waals surface area contributed by atoms with Gasteiger partial charge in [-0.05, 0) is 104 Å². The van der Waals surface area contributed by atoms with Crippen LogP contribution in [0.2, 0.25) is 0 Å². The summed E-state index contributed by atoms with van der Waals surface area (Å²) < 4.78 is 0. The maximum absolute atomic E-state index is 14.4. The van der Waals surface area contributed by atoms with E-state index in [1.54, 1.807) is 12.1 Å². The van der Waals surface area contributed by atoms with Crippen LogP contribution in [0.3, 0.4) is 0 Å². The number of phenolic OH excluding ortho intramolecular Hbond substituents is 1. The molecular weight excluding hydrogens is 602 g/mol. The SMILES string of the molecule is CSCC[C@@H](NC(=O)[C@@H](N)Cc1ccc(O)cc1)C(=O)NCC(=O)N[C@@H](Cc1ccccc1)C(=O)C12CC3CC(CC(C3)C1N)C2. The van der Waals surface area contributed by atoms with Gasteiger partial charge in [0.15, 0.2) is 5.78 Å². The van der Waals surface area contributed by atoms with Crippen LogP contribution in [0.25, 0.3) is 0 Å². The van der Waals surface area contributed by atoms with Gasteiger partial charge in [0.2, 0.25) is 17.7 Å². The molecule has 4 bridgehead atoms. The minimum absolute atomic E-state index is 0.00959. The van der Waals surface area contributed by atoms with Gasteiger partial charge in [0.05, 0.1) is 18.6 Å². The van der Waals surface area contributed by atoms with Crippen LogP contribution in [0.15, 0.2) is 54.6 Å². The Kier molecular flexibility index (Phi) is 11.1. The average molecular weight is 650 g/mol. The summed E-state index contributed by atoms with van der Waals surface area (Å²) in [5.74, 6) is 0.652. The first-order valence-electron chi connectivity index (χ1n) is 16.3. The zero-order valence-corrected chi connectivity index (χ0v) is 27.3. The zero-order chi connectivity index (χ0) is 32.8. The number of carbonyl (C=O) groups excluding carboxylic acids is 4. The molecule has 11 heteroatoms. The minimum Gasteiger partial charge on any atom is -0.508 e. The molecule has 0 heterocycles. The van der Waals surface area contributed by atoms with Crippen molar-refractivity contribution in [2.24, 2.45) is 34.6 Å². The van der Waals surface area contributed by atoms with E-state index >= 15 is 0 Å². The Morgan fingerprint density at radius 1 is 0.891 bits per heavy atom. The van der Waals surface area contributed by atoms with Crippen molar-refractivity contribution >= 4 is 35.3 Å². The lowest BCUT2D eigenvalue weighted by Gasteiger charge is -2.60. The summed E-state index contributed by atoms with van der Waals surface area (Å²) in [6.07, 6.45) is 7.73. The number of hydrogen-bond acceptors (Lipinski definition) is 8. The molecule has 0 aromatic heterocycles. The standard InChI is InChI=1S/C35H47N5O5S/c1-46-12-11-28(40-33(44)27(36)16-22-7-9-26(41)10-8-22)34(45)38-20-30(42)39-29(17-21-5-3-2-4-6-21)32(43)35-18-23-13-24(19-35)15-25(14-23)31(35)37/h2-10,23-25,27-29,31,41H,11-20,36-37H2,1H3,(H,38,45)(H,39,42)(H,40,44)/t23?,24?,25?,27-,28+,29-,31?,35?/m0/s1. The minimum atomic E-state index is -0.905. The fraction of sp³-hybridized carbons (Fsp3) is 0.543. The summed E-state index contributed by atoms with van der Waals surface area (Å²) >= 11 is 1.53. The van der Waals surface area contributed by atoms with Gasteiger partial charge in [-0.1, -0.05) is 42.5 Å². The van der Waals surface area contributed by atoms with Gasteiger partial charge in [0.25, 0.3) is 0 Å². The maximum Gasteiger partial charge on any atom is 0.243 e. The number of nitrogens with two attached hydrogens (primary N) is 2. The number of carbonyl (C=O) groups is 4. The molecule has 46 heavy (non-hydrogen) atoms. The summed E-state index contributed by atoms with van der Waals surface area (Å²) in [6.45, 7) is -0.338. The third kappa shape index (κ3) is 7.93. The number of thioether (sulfide) groups is 1. The van der Waals surface area contributed by atoms with Crippen molar-refractivity contribution in [2.45, 2.75) is 75.5 Å².